The van der Waals surface area contributed by atoms with Gasteiger partial charge >= 0.3 is 4.87 Å². The topological polar surface area (TPSA) is 58.0 Å². The van der Waals surface area contributed by atoms with E-state index in [1.165, 1.54) is 43.0 Å². The summed E-state index contributed by atoms with van der Waals surface area (Å²) >= 11 is 1.08. The second-order valence-electron chi connectivity index (χ2n) is 6.33. The Morgan fingerprint density at radius 2 is 2.04 bits per heavy atom. The Balaban J connectivity index is 1.72. The SMILES string of the molecule is O=c1[nH]c(O)c(Cc2cccc3c2ccn3C2CCCCC2)s1. The summed E-state index contributed by atoms with van der Waals surface area (Å²) in [4.78, 5) is 14.3. The molecule has 5 heteroatoms. The molecule has 0 bridgehead atoms. The summed E-state index contributed by atoms with van der Waals surface area (Å²) in [6, 6.07) is 9.10. The number of aromatic nitrogens is 2. The zero-order chi connectivity index (χ0) is 15.8. The van der Waals surface area contributed by atoms with E-state index in [0.717, 1.165) is 16.9 Å². The normalized spacial score (nSPS) is 16.2. The largest absolute Gasteiger partial charge is 0.494 e. The van der Waals surface area contributed by atoms with Crippen molar-refractivity contribution in [3.05, 3.63) is 50.6 Å². The lowest BCUT2D eigenvalue weighted by molar-refractivity contribution is 0.361. The van der Waals surface area contributed by atoms with Crippen LogP contribution in [0.1, 0.15) is 48.6 Å². The molecule has 0 aliphatic heterocycles. The molecule has 3 aromatic rings. The number of hydrogen-bond donors (Lipinski definition) is 2. The fourth-order valence-corrected chi connectivity index (χ4v) is 4.48. The van der Waals surface area contributed by atoms with Crippen LogP contribution in [0.15, 0.2) is 35.3 Å². The lowest BCUT2D eigenvalue weighted by Gasteiger charge is -2.24. The van der Waals surface area contributed by atoms with Crippen LogP contribution in [0.25, 0.3) is 10.9 Å². The lowest BCUT2D eigenvalue weighted by atomic mass is 9.95. The van der Waals surface area contributed by atoms with Crippen molar-refractivity contribution in [1.82, 2.24) is 9.55 Å². The summed E-state index contributed by atoms with van der Waals surface area (Å²) in [6.07, 6.45) is 9.28. The zero-order valence-electron chi connectivity index (χ0n) is 12.9. The lowest BCUT2D eigenvalue weighted by Crippen LogP contribution is -2.11. The molecular weight excluding hydrogens is 308 g/mol. The summed E-state index contributed by atoms with van der Waals surface area (Å²) in [5.41, 5.74) is 2.42. The van der Waals surface area contributed by atoms with Gasteiger partial charge in [0, 0.05) is 29.6 Å². The molecule has 0 spiro atoms. The summed E-state index contributed by atoms with van der Waals surface area (Å²) in [7, 11) is 0. The third-order valence-electron chi connectivity index (χ3n) is 4.87. The molecule has 1 aromatic carbocycles. The summed E-state index contributed by atoms with van der Waals surface area (Å²) < 4.78 is 2.41. The molecule has 4 nitrogen and oxygen atoms in total. The Labute approximate surface area is 138 Å². The smallest absolute Gasteiger partial charge is 0.307 e. The quantitative estimate of drug-likeness (QED) is 0.757. The van der Waals surface area contributed by atoms with Crippen LogP contribution in [0.3, 0.4) is 0 Å². The van der Waals surface area contributed by atoms with E-state index >= 15 is 0 Å². The summed E-state index contributed by atoms with van der Waals surface area (Å²) in [6.45, 7) is 0. The number of aromatic hydroxyl groups is 1. The molecule has 4 rings (SSSR count). The van der Waals surface area contributed by atoms with Crippen molar-refractivity contribution in [3.63, 3.8) is 0 Å². The van der Waals surface area contributed by atoms with Gasteiger partial charge in [0.05, 0.1) is 4.88 Å². The predicted molar refractivity (Wildman–Crippen MR) is 93.5 cm³/mol. The van der Waals surface area contributed by atoms with Gasteiger partial charge < -0.3 is 9.67 Å². The first-order valence-electron chi connectivity index (χ1n) is 8.22. The molecule has 23 heavy (non-hydrogen) atoms. The Morgan fingerprint density at radius 3 is 2.78 bits per heavy atom. The van der Waals surface area contributed by atoms with Crippen molar-refractivity contribution in [2.24, 2.45) is 0 Å². The van der Waals surface area contributed by atoms with E-state index in [9.17, 15) is 9.90 Å². The van der Waals surface area contributed by atoms with Gasteiger partial charge in [0.1, 0.15) is 0 Å². The second kappa shape index (κ2) is 5.89. The highest BCUT2D eigenvalue weighted by molar-refractivity contribution is 7.09. The Morgan fingerprint density at radius 1 is 1.22 bits per heavy atom. The fraction of sp³-hybridized carbons (Fsp3) is 0.389. The molecule has 1 aliphatic rings. The second-order valence-corrected chi connectivity index (χ2v) is 7.40. The Bertz CT molecular complexity index is 884. The molecule has 2 heterocycles. The molecule has 2 N–H and O–H groups in total. The minimum Gasteiger partial charge on any atom is -0.494 e. The third-order valence-corrected chi connectivity index (χ3v) is 5.74. The predicted octanol–water partition coefficient (Wildman–Crippen LogP) is 4.19. The van der Waals surface area contributed by atoms with Crippen molar-refractivity contribution in [1.29, 1.82) is 0 Å². The van der Waals surface area contributed by atoms with Gasteiger partial charge in [-0.15, -0.1) is 0 Å². The average Bonchev–Trinajstić information content (AvgIpc) is 3.12. The van der Waals surface area contributed by atoms with E-state index < -0.39 is 0 Å². The van der Waals surface area contributed by atoms with E-state index in [1.807, 2.05) is 0 Å². The van der Waals surface area contributed by atoms with Gasteiger partial charge in [0.15, 0.2) is 0 Å². The van der Waals surface area contributed by atoms with Gasteiger partial charge in [-0.2, -0.15) is 0 Å². The van der Waals surface area contributed by atoms with Gasteiger partial charge in [-0.3, -0.25) is 9.78 Å². The first kappa shape index (κ1) is 14.6. The van der Waals surface area contributed by atoms with Crippen LogP contribution in [0.2, 0.25) is 0 Å². The van der Waals surface area contributed by atoms with E-state index in [1.54, 1.807) is 0 Å². The van der Waals surface area contributed by atoms with E-state index in [-0.39, 0.29) is 10.8 Å². The molecule has 1 saturated carbocycles. The molecule has 0 amide bonds. The maximum absolute atomic E-state index is 11.4. The van der Waals surface area contributed by atoms with E-state index in [2.05, 4.69) is 40.0 Å². The number of fused-ring (bicyclic) bond motifs is 1. The highest BCUT2D eigenvalue weighted by atomic mass is 32.1. The molecule has 120 valence electrons. The van der Waals surface area contributed by atoms with Gasteiger partial charge in [0.2, 0.25) is 5.88 Å². The number of aromatic amines is 1. The maximum Gasteiger partial charge on any atom is 0.307 e. The van der Waals surface area contributed by atoms with Gasteiger partial charge in [-0.25, -0.2) is 0 Å². The summed E-state index contributed by atoms with van der Waals surface area (Å²) in [5, 5.41) is 11.0. The standard InChI is InChI=1S/C18H20N2O2S/c21-17-16(23-18(22)19-17)11-12-5-4-8-15-14(12)9-10-20(15)13-6-2-1-3-7-13/h4-5,8-10,13,21H,1-3,6-7,11H2,(H,19,22). The molecule has 1 fully saturated rings. The molecule has 1 aliphatic carbocycles. The summed E-state index contributed by atoms with van der Waals surface area (Å²) in [5.74, 6) is 0.00344. The number of nitrogens with zero attached hydrogens (tertiary/aromatic N) is 1. The van der Waals surface area contributed by atoms with Gasteiger partial charge in [-0.05, 0) is 30.5 Å². The number of thiazole rings is 1. The molecule has 0 atom stereocenters. The highest BCUT2D eigenvalue weighted by Crippen LogP contribution is 2.33. The van der Waals surface area contributed by atoms with Gasteiger partial charge in [0.25, 0.3) is 0 Å². The minimum absolute atomic E-state index is 0.00344. The van der Waals surface area contributed by atoms with E-state index in [0.29, 0.717) is 17.3 Å². The minimum atomic E-state index is -0.204. The van der Waals surface area contributed by atoms with Crippen molar-refractivity contribution in [3.8, 4) is 5.88 Å². The van der Waals surface area contributed by atoms with Crippen molar-refractivity contribution in [2.75, 3.05) is 0 Å². The molecule has 2 aromatic heterocycles. The van der Waals surface area contributed by atoms with Gasteiger partial charge in [-0.1, -0.05) is 42.7 Å². The Hall–Kier alpha value is -2.01. The van der Waals surface area contributed by atoms with Crippen molar-refractivity contribution < 1.29 is 5.11 Å². The van der Waals surface area contributed by atoms with Crippen molar-refractivity contribution in [2.45, 2.75) is 44.6 Å². The van der Waals surface area contributed by atoms with Crippen LogP contribution >= 0.6 is 11.3 Å². The van der Waals surface area contributed by atoms with Crippen LogP contribution in [0.5, 0.6) is 5.88 Å². The first-order chi connectivity index (χ1) is 11.2. The monoisotopic (exact) mass is 328 g/mol. The van der Waals surface area contributed by atoms with Crippen LogP contribution in [0.4, 0.5) is 0 Å². The molecule has 0 unspecified atom stereocenters. The van der Waals surface area contributed by atoms with Crippen LogP contribution in [-0.4, -0.2) is 14.7 Å². The number of H-pyrrole nitrogens is 1. The van der Waals surface area contributed by atoms with Crippen LogP contribution < -0.4 is 4.87 Å². The Kier molecular flexibility index (Phi) is 3.73. The zero-order valence-corrected chi connectivity index (χ0v) is 13.7. The maximum atomic E-state index is 11.4. The number of hydrogen-bond acceptors (Lipinski definition) is 3. The fourth-order valence-electron chi connectivity index (χ4n) is 3.73. The van der Waals surface area contributed by atoms with Crippen molar-refractivity contribution >= 4 is 22.2 Å². The molecular formula is C18H20N2O2S. The number of nitrogens with one attached hydrogen (secondary N) is 1. The van der Waals surface area contributed by atoms with Crippen LogP contribution in [-0.2, 0) is 6.42 Å². The van der Waals surface area contributed by atoms with Crippen LogP contribution in [0, 0.1) is 0 Å². The highest BCUT2D eigenvalue weighted by Gasteiger charge is 2.18. The number of rotatable bonds is 3. The third kappa shape index (κ3) is 2.70. The molecule has 0 radical (unpaired) electrons. The molecule has 0 saturated heterocycles. The first-order valence-corrected chi connectivity index (χ1v) is 9.03. The average molecular weight is 328 g/mol. The number of benzene rings is 1. The van der Waals surface area contributed by atoms with E-state index in [4.69, 9.17) is 0 Å².